The summed E-state index contributed by atoms with van der Waals surface area (Å²) in [5.74, 6) is 2.24. The van der Waals surface area contributed by atoms with Gasteiger partial charge in [-0.05, 0) is 25.7 Å². The molecule has 2 aromatic rings. The van der Waals surface area contributed by atoms with Crippen LogP contribution >= 0.6 is 11.6 Å². The van der Waals surface area contributed by atoms with Crippen molar-refractivity contribution in [1.29, 1.82) is 0 Å². The largest absolute Gasteiger partial charge is 0.367 e. The van der Waals surface area contributed by atoms with Gasteiger partial charge < -0.3 is 5.32 Å². The Morgan fingerprint density at radius 3 is 3.05 bits per heavy atom. The summed E-state index contributed by atoms with van der Waals surface area (Å²) in [5.41, 5.74) is 0.929. The highest BCUT2D eigenvalue weighted by atomic mass is 35.5. The van der Waals surface area contributed by atoms with Gasteiger partial charge in [-0.1, -0.05) is 31.4 Å². The highest BCUT2D eigenvalue weighted by Gasteiger charge is 2.21. The summed E-state index contributed by atoms with van der Waals surface area (Å²) in [7, 11) is 0. The monoisotopic (exact) mass is 279 g/mol. The third kappa shape index (κ3) is 2.39. The van der Waals surface area contributed by atoms with E-state index in [1.54, 1.807) is 4.52 Å². The smallest absolute Gasteiger partial charge is 0.255 e. The molecule has 19 heavy (non-hydrogen) atoms. The highest BCUT2D eigenvalue weighted by molar-refractivity contribution is 6.30. The lowest BCUT2D eigenvalue weighted by atomic mass is 9.87. The maximum absolute atomic E-state index is 6.16. The first kappa shape index (κ1) is 12.7. The lowest BCUT2D eigenvalue weighted by Gasteiger charge is -2.28. The first-order valence-electron chi connectivity index (χ1n) is 6.77. The van der Waals surface area contributed by atoms with Crippen molar-refractivity contribution < 1.29 is 0 Å². The van der Waals surface area contributed by atoms with Crippen molar-refractivity contribution in [3.8, 4) is 0 Å². The molecule has 0 saturated heterocycles. The van der Waals surface area contributed by atoms with E-state index < -0.39 is 0 Å². The predicted octanol–water partition coefficient (Wildman–Crippen LogP) is 3.08. The third-order valence-electron chi connectivity index (χ3n) is 3.88. The van der Waals surface area contributed by atoms with Gasteiger partial charge in [0.2, 0.25) is 0 Å². The summed E-state index contributed by atoms with van der Waals surface area (Å²) in [6.45, 7) is 4.27. The van der Waals surface area contributed by atoms with E-state index in [0.29, 0.717) is 17.0 Å². The van der Waals surface area contributed by atoms with E-state index in [1.165, 1.54) is 32.0 Å². The third-order valence-corrected chi connectivity index (χ3v) is 4.25. The summed E-state index contributed by atoms with van der Waals surface area (Å²) in [4.78, 5) is 8.32. The molecular weight excluding hydrogens is 262 g/mol. The summed E-state index contributed by atoms with van der Waals surface area (Å²) in [5, 5.41) is 8.31. The number of nitrogens with one attached hydrogen (secondary N) is 1. The fraction of sp³-hybridized carbons (Fsp3) is 0.615. The molecular formula is C13H18ClN5. The lowest BCUT2D eigenvalue weighted by molar-refractivity contribution is 0.358. The number of rotatable bonds is 2. The number of hydrogen-bond donors (Lipinski definition) is 1. The standard InChI is InChI=1S/C13H18ClN5/c1-8-4-3-5-10(6-8)17-12-9(2)11(14)18-13-15-7-16-19(12)13/h7-8,10,17H,3-6H2,1-2H3. The first-order chi connectivity index (χ1) is 9.15. The van der Waals surface area contributed by atoms with E-state index >= 15 is 0 Å². The molecule has 1 aliphatic carbocycles. The topological polar surface area (TPSA) is 55.1 Å². The van der Waals surface area contributed by atoms with E-state index in [0.717, 1.165) is 17.3 Å². The molecule has 1 fully saturated rings. The van der Waals surface area contributed by atoms with Crippen LogP contribution in [0.15, 0.2) is 6.33 Å². The summed E-state index contributed by atoms with van der Waals surface area (Å²) >= 11 is 6.16. The molecule has 2 unspecified atom stereocenters. The van der Waals surface area contributed by atoms with Crippen LogP contribution in [-0.4, -0.2) is 25.6 Å². The van der Waals surface area contributed by atoms with Crippen LogP contribution in [0.5, 0.6) is 0 Å². The van der Waals surface area contributed by atoms with Crippen molar-refractivity contribution in [1.82, 2.24) is 19.6 Å². The van der Waals surface area contributed by atoms with Gasteiger partial charge in [-0.25, -0.2) is 0 Å². The van der Waals surface area contributed by atoms with Gasteiger partial charge >= 0.3 is 0 Å². The molecule has 0 spiro atoms. The van der Waals surface area contributed by atoms with Gasteiger partial charge in [0.25, 0.3) is 5.78 Å². The quantitative estimate of drug-likeness (QED) is 0.859. The van der Waals surface area contributed by atoms with Gasteiger partial charge in [-0.3, -0.25) is 0 Å². The van der Waals surface area contributed by atoms with Crippen molar-refractivity contribution in [2.24, 2.45) is 5.92 Å². The van der Waals surface area contributed by atoms with Crippen molar-refractivity contribution in [2.45, 2.75) is 45.6 Å². The Kier molecular flexibility index (Phi) is 3.31. The Bertz CT molecular complexity index is 594. The highest BCUT2D eigenvalue weighted by Crippen LogP contribution is 2.28. The average Bonchev–Trinajstić information content (AvgIpc) is 2.83. The molecule has 0 aromatic carbocycles. The number of halogens is 1. The van der Waals surface area contributed by atoms with Crippen LogP contribution in [-0.2, 0) is 0 Å². The van der Waals surface area contributed by atoms with E-state index in [2.05, 4.69) is 27.3 Å². The molecule has 0 amide bonds. The van der Waals surface area contributed by atoms with Crippen LogP contribution in [0.3, 0.4) is 0 Å². The molecule has 0 bridgehead atoms. The molecule has 2 atom stereocenters. The molecule has 0 aliphatic heterocycles. The van der Waals surface area contributed by atoms with Crippen LogP contribution in [0.2, 0.25) is 5.15 Å². The fourth-order valence-corrected chi connectivity index (χ4v) is 2.99. The van der Waals surface area contributed by atoms with Crippen LogP contribution in [0.4, 0.5) is 5.82 Å². The maximum atomic E-state index is 6.16. The maximum Gasteiger partial charge on any atom is 0.255 e. The van der Waals surface area contributed by atoms with Crippen LogP contribution in [0.1, 0.15) is 38.2 Å². The molecule has 2 heterocycles. The Morgan fingerprint density at radius 1 is 1.42 bits per heavy atom. The minimum atomic E-state index is 0.480. The molecule has 2 aromatic heterocycles. The minimum absolute atomic E-state index is 0.480. The zero-order valence-corrected chi connectivity index (χ0v) is 12.0. The Balaban J connectivity index is 1.95. The van der Waals surface area contributed by atoms with Gasteiger partial charge in [-0.2, -0.15) is 19.6 Å². The second-order valence-electron chi connectivity index (χ2n) is 5.46. The van der Waals surface area contributed by atoms with Gasteiger partial charge in [0.05, 0.1) is 0 Å². The Morgan fingerprint density at radius 2 is 2.26 bits per heavy atom. The minimum Gasteiger partial charge on any atom is -0.367 e. The molecule has 3 rings (SSSR count). The molecule has 1 N–H and O–H groups in total. The van der Waals surface area contributed by atoms with Crippen molar-refractivity contribution in [3.63, 3.8) is 0 Å². The zero-order chi connectivity index (χ0) is 13.4. The zero-order valence-electron chi connectivity index (χ0n) is 11.2. The molecule has 1 saturated carbocycles. The van der Waals surface area contributed by atoms with Gasteiger partial charge in [0.15, 0.2) is 0 Å². The molecule has 6 heteroatoms. The summed E-state index contributed by atoms with van der Waals surface area (Å²) in [6.07, 6.45) is 6.49. The van der Waals surface area contributed by atoms with Crippen LogP contribution in [0.25, 0.3) is 5.78 Å². The predicted molar refractivity (Wildman–Crippen MR) is 75.6 cm³/mol. The average molecular weight is 280 g/mol. The van der Waals surface area contributed by atoms with E-state index in [9.17, 15) is 0 Å². The van der Waals surface area contributed by atoms with Gasteiger partial charge in [-0.15, -0.1) is 0 Å². The molecule has 5 nitrogen and oxygen atoms in total. The van der Waals surface area contributed by atoms with E-state index in [1.807, 2.05) is 6.92 Å². The summed E-state index contributed by atoms with van der Waals surface area (Å²) < 4.78 is 1.74. The second kappa shape index (κ2) is 4.96. The number of anilines is 1. The number of aromatic nitrogens is 4. The van der Waals surface area contributed by atoms with E-state index in [4.69, 9.17) is 11.6 Å². The van der Waals surface area contributed by atoms with Crippen LogP contribution in [0, 0.1) is 12.8 Å². The molecule has 1 aliphatic rings. The number of fused-ring (bicyclic) bond motifs is 1. The van der Waals surface area contributed by atoms with Gasteiger partial charge in [0, 0.05) is 11.6 Å². The number of hydrogen-bond acceptors (Lipinski definition) is 4. The summed E-state index contributed by atoms with van der Waals surface area (Å²) in [6, 6.07) is 0.480. The van der Waals surface area contributed by atoms with Crippen LogP contribution < -0.4 is 5.32 Å². The van der Waals surface area contributed by atoms with Gasteiger partial charge in [0.1, 0.15) is 17.3 Å². The number of nitrogens with zero attached hydrogens (tertiary/aromatic N) is 4. The normalized spacial score (nSPS) is 23.7. The molecule has 102 valence electrons. The lowest BCUT2D eigenvalue weighted by Crippen LogP contribution is -2.27. The van der Waals surface area contributed by atoms with E-state index in [-0.39, 0.29) is 0 Å². The van der Waals surface area contributed by atoms with Crippen molar-refractivity contribution in [3.05, 3.63) is 17.0 Å². The fourth-order valence-electron chi connectivity index (χ4n) is 2.83. The SMILES string of the molecule is Cc1c(Cl)nc2ncnn2c1NC1CCCC(C)C1. The Labute approximate surface area is 117 Å². The van der Waals surface area contributed by atoms with Crippen molar-refractivity contribution in [2.75, 3.05) is 5.32 Å². The Hall–Kier alpha value is -1.36. The second-order valence-corrected chi connectivity index (χ2v) is 5.82. The first-order valence-corrected chi connectivity index (χ1v) is 7.15. The molecule has 0 radical (unpaired) electrons. The van der Waals surface area contributed by atoms with Crippen molar-refractivity contribution >= 4 is 23.2 Å².